The average molecular weight is 427 g/mol. The number of nitrogens with zero attached hydrogens (tertiary/aromatic N) is 1. The van der Waals surface area contributed by atoms with E-state index in [1.54, 1.807) is 54.5 Å². The van der Waals surface area contributed by atoms with E-state index in [0.29, 0.717) is 18.7 Å². The van der Waals surface area contributed by atoms with Gasteiger partial charge in [0.05, 0.1) is 16.8 Å². The molecule has 2 aliphatic rings. The number of carbonyl (C=O) groups is 1. The third-order valence-corrected chi connectivity index (χ3v) is 5.89. The largest absolute Gasteiger partial charge is 0.495 e. The molecule has 0 spiro atoms. The van der Waals surface area contributed by atoms with Gasteiger partial charge >= 0.3 is 19.4 Å². The van der Waals surface area contributed by atoms with Crippen LogP contribution in [0.25, 0.3) is 0 Å². The van der Waals surface area contributed by atoms with Crippen LogP contribution >= 0.6 is 0 Å². The topological polar surface area (TPSA) is 48.0 Å². The molecule has 2 fully saturated rings. The second kappa shape index (κ2) is 7.16. The van der Waals surface area contributed by atoms with Crippen molar-refractivity contribution < 1.29 is 32.0 Å². The Morgan fingerprint density at radius 2 is 1.63 bits per heavy atom. The van der Waals surface area contributed by atoms with Crippen LogP contribution in [0.4, 0.5) is 18.0 Å². The SMILES string of the molecule is CC(C)(C)OC(=O)N1CC(c2ccc(B3OC(C)(C)C(C)(C)O3)c(C(F)(F)F)c2)C1. The minimum Gasteiger partial charge on any atom is -0.444 e. The van der Waals surface area contributed by atoms with Crippen molar-refractivity contribution >= 4 is 18.7 Å². The highest BCUT2D eigenvalue weighted by Crippen LogP contribution is 2.39. The summed E-state index contributed by atoms with van der Waals surface area (Å²) in [6.45, 7) is 13.2. The predicted molar refractivity (Wildman–Crippen MR) is 108 cm³/mol. The zero-order valence-electron chi connectivity index (χ0n) is 18.5. The fourth-order valence-electron chi connectivity index (χ4n) is 3.41. The highest BCUT2D eigenvalue weighted by atomic mass is 19.4. The van der Waals surface area contributed by atoms with E-state index in [9.17, 15) is 18.0 Å². The number of hydrogen-bond acceptors (Lipinski definition) is 4. The Hall–Kier alpha value is -1.74. The van der Waals surface area contributed by atoms with Crippen LogP contribution in [0.5, 0.6) is 0 Å². The lowest BCUT2D eigenvalue weighted by atomic mass is 9.74. The third kappa shape index (κ3) is 4.47. The molecule has 2 aliphatic heterocycles. The highest BCUT2D eigenvalue weighted by molar-refractivity contribution is 6.62. The van der Waals surface area contributed by atoms with Gasteiger partial charge in [0.25, 0.3) is 0 Å². The monoisotopic (exact) mass is 427 g/mol. The quantitative estimate of drug-likeness (QED) is 0.659. The summed E-state index contributed by atoms with van der Waals surface area (Å²) in [6, 6.07) is 4.24. The number of likely N-dealkylation sites (tertiary alicyclic amines) is 1. The van der Waals surface area contributed by atoms with Gasteiger partial charge in [-0.2, -0.15) is 13.2 Å². The maximum atomic E-state index is 13.8. The van der Waals surface area contributed by atoms with E-state index in [2.05, 4.69) is 0 Å². The van der Waals surface area contributed by atoms with Crippen molar-refractivity contribution in [2.75, 3.05) is 13.1 Å². The second-order valence-electron chi connectivity index (χ2n) is 10.0. The van der Waals surface area contributed by atoms with Gasteiger partial charge in [0.1, 0.15) is 5.60 Å². The standard InChI is InChI=1S/C21H29BF3NO4/c1-18(2,3)28-17(27)26-11-14(12-26)13-8-9-16(15(10-13)21(23,24)25)22-29-19(4,5)20(6,7)30-22/h8-10,14H,11-12H2,1-7H3. The van der Waals surface area contributed by atoms with E-state index in [-0.39, 0.29) is 11.4 Å². The first kappa shape index (κ1) is 22.9. The van der Waals surface area contributed by atoms with Crippen molar-refractivity contribution in [3.63, 3.8) is 0 Å². The minimum atomic E-state index is -4.55. The van der Waals surface area contributed by atoms with Crippen LogP contribution in [-0.4, -0.2) is 48.0 Å². The van der Waals surface area contributed by atoms with Crippen molar-refractivity contribution in [2.45, 2.75) is 77.4 Å². The van der Waals surface area contributed by atoms with Gasteiger partial charge in [0.2, 0.25) is 0 Å². The van der Waals surface area contributed by atoms with Gasteiger partial charge in [-0.3, -0.25) is 0 Å². The summed E-state index contributed by atoms with van der Waals surface area (Å²) in [7, 11) is -1.10. The molecule has 9 heteroatoms. The zero-order chi connectivity index (χ0) is 22.7. The molecule has 2 saturated heterocycles. The Balaban J connectivity index is 1.80. The van der Waals surface area contributed by atoms with Crippen molar-refractivity contribution in [1.82, 2.24) is 4.90 Å². The number of halogens is 3. The zero-order valence-corrected chi connectivity index (χ0v) is 18.5. The van der Waals surface area contributed by atoms with Gasteiger partial charge in [-0.25, -0.2) is 4.79 Å². The van der Waals surface area contributed by atoms with Gasteiger partial charge in [-0.15, -0.1) is 0 Å². The molecule has 0 atom stereocenters. The summed E-state index contributed by atoms with van der Waals surface area (Å²) in [5, 5.41) is 0. The molecule has 30 heavy (non-hydrogen) atoms. The van der Waals surface area contributed by atoms with E-state index in [0.717, 1.165) is 6.07 Å². The van der Waals surface area contributed by atoms with Gasteiger partial charge < -0.3 is 18.9 Å². The Morgan fingerprint density at radius 3 is 2.10 bits per heavy atom. The maximum absolute atomic E-state index is 13.8. The summed E-state index contributed by atoms with van der Waals surface area (Å²) < 4.78 is 58.5. The van der Waals surface area contributed by atoms with E-state index in [4.69, 9.17) is 14.0 Å². The Kier molecular flexibility index (Phi) is 5.47. The van der Waals surface area contributed by atoms with E-state index in [1.165, 1.54) is 11.0 Å². The van der Waals surface area contributed by atoms with Crippen LogP contribution in [0.2, 0.25) is 0 Å². The molecule has 0 saturated carbocycles. The van der Waals surface area contributed by atoms with Crippen LogP contribution in [0.15, 0.2) is 18.2 Å². The lowest BCUT2D eigenvalue weighted by molar-refractivity contribution is -0.137. The van der Waals surface area contributed by atoms with Crippen molar-refractivity contribution in [1.29, 1.82) is 0 Å². The number of carbonyl (C=O) groups excluding carboxylic acids is 1. The molecule has 166 valence electrons. The summed E-state index contributed by atoms with van der Waals surface area (Å²) >= 11 is 0. The molecule has 0 unspecified atom stereocenters. The average Bonchev–Trinajstić information content (AvgIpc) is 2.71. The van der Waals surface area contributed by atoms with Gasteiger partial charge in [0.15, 0.2) is 0 Å². The molecule has 0 aliphatic carbocycles. The third-order valence-electron chi connectivity index (χ3n) is 5.89. The predicted octanol–water partition coefficient (Wildman–Crippen LogP) is 4.34. The number of benzene rings is 1. The molecule has 0 aromatic heterocycles. The van der Waals surface area contributed by atoms with E-state index in [1.807, 2.05) is 0 Å². The fourth-order valence-corrected chi connectivity index (χ4v) is 3.41. The van der Waals surface area contributed by atoms with Crippen LogP contribution in [0.3, 0.4) is 0 Å². The number of rotatable bonds is 2. The van der Waals surface area contributed by atoms with Crippen molar-refractivity contribution in [3.05, 3.63) is 29.3 Å². The number of alkyl halides is 3. The lowest BCUT2D eigenvalue weighted by Gasteiger charge is -2.40. The van der Waals surface area contributed by atoms with Gasteiger partial charge in [0, 0.05) is 19.0 Å². The Morgan fingerprint density at radius 1 is 1.10 bits per heavy atom. The summed E-state index contributed by atoms with van der Waals surface area (Å²) in [5.41, 5.74) is -2.36. The molecule has 1 aromatic rings. The van der Waals surface area contributed by atoms with E-state index < -0.39 is 41.8 Å². The Labute approximate surface area is 176 Å². The number of hydrogen-bond donors (Lipinski definition) is 0. The van der Waals surface area contributed by atoms with Crippen molar-refractivity contribution in [3.8, 4) is 0 Å². The van der Waals surface area contributed by atoms with Gasteiger partial charge in [-0.05, 0) is 65.6 Å². The Bertz CT molecular complexity index is 811. The first-order valence-electron chi connectivity index (χ1n) is 10.0. The van der Waals surface area contributed by atoms with Crippen LogP contribution in [0, 0.1) is 0 Å². The van der Waals surface area contributed by atoms with Gasteiger partial charge in [-0.1, -0.05) is 12.1 Å². The molecule has 5 nitrogen and oxygen atoms in total. The molecule has 2 heterocycles. The smallest absolute Gasteiger partial charge is 0.444 e. The van der Waals surface area contributed by atoms with Crippen LogP contribution in [0.1, 0.15) is 65.5 Å². The lowest BCUT2D eigenvalue weighted by Crippen LogP contribution is -2.50. The van der Waals surface area contributed by atoms with Crippen LogP contribution < -0.4 is 5.46 Å². The second-order valence-corrected chi connectivity index (χ2v) is 10.0. The molecule has 0 radical (unpaired) electrons. The summed E-state index contributed by atoms with van der Waals surface area (Å²) in [4.78, 5) is 13.6. The maximum Gasteiger partial charge on any atom is 0.495 e. The molecular weight excluding hydrogens is 398 g/mol. The van der Waals surface area contributed by atoms with Crippen LogP contribution in [-0.2, 0) is 20.2 Å². The minimum absolute atomic E-state index is 0.0341. The van der Waals surface area contributed by atoms with E-state index >= 15 is 0 Å². The summed E-state index contributed by atoms with van der Waals surface area (Å²) in [6.07, 6.45) is -5.01. The molecule has 1 amide bonds. The normalized spacial score (nSPS) is 21.5. The molecular formula is C21H29BF3NO4. The molecule has 0 N–H and O–H groups in total. The molecule has 0 bridgehead atoms. The number of amides is 1. The molecule has 3 rings (SSSR count). The number of ether oxygens (including phenoxy) is 1. The fraction of sp³-hybridized carbons (Fsp3) is 0.667. The first-order valence-corrected chi connectivity index (χ1v) is 10.0. The highest BCUT2D eigenvalue weighted by Gasteiger charge is 2.53. The van der Waals surface area contributed by atoms with Crippen molar-refractivity contribution in [2.24, 2.45) is 0 Å². The first-order chi connectivity index (χ1) is 13.5. The summed E-state index contributed by atoms with van der Waals surface area (Å²) in [5.74, 6) is -0.175. The molecule has 1 aromatic carbocycles.